The Bertz CT molecular complexity index is 1020. The number of carbonyl (C=O) groups is 2. The minimum absolute atomic E-state index is 0.0110. The van der Waals surface area contributed by atoms with Crippen LogP contribution in [-0.2, 0) is 9.53 Å². The predicted octanol–water partition coefficient (Wildman–Crippen LogP) is 3.26. The SMILES string of the molecule is CCCN1C(=O)c2ccccc2C(C(=O)N2CCOCC2)C1c1cc(OC)c(OC)c(OC)c1. The standard InChI is InChI=1S/C26H32N2O6/c1-5-10-28-23(17-15-20(31-2)24(33-4)21(16-17)32-3)22(26(30)27-11-13-34-14-12-27)18-8-6-7-9-19(18)25(28)29/h6-9,15-16,22-23H,5,10-14H2,1-4H3. The van der Waals surface area contributed by atoms with Gasteiger partial charge in [-0.05, 0) is 35.7 Å². The molecule has 0 N–H and O–H groups in total. The Balaban J connectivity index is 1.92. The van der Waals surface area contributed by atoms with Crippen LogP contribution in [0.2, 0.25) is 0 Å². The van der Waals surface area contributed by atoms with Gasteiger partial charge in [0.1, 0.15) is 0 Å². The lowest BCUT2D eigenvalue weighted by molar-refractivity contribution is -0.138. The van der Waals surface area contributed by atoms with Gasteiger partial charge in [-0.3, -0.25) is 9.59 Å². The highest BCUT2D eigenvalue weighted by Crippen LogP contribution is 2.48. The van der Waals surface area contributed by atoms with Gasteiger partial charge in [0, 0.05) is 25.2 Å². The minimum Gasteiger partial charge on any atom is -0.493 e. The normalized spacial score (nSPS) is 20.1. The van der Waals surface area contributed by atoms with Gasteiger partial charge in [-0.1, -0.05) is 25.1 Å². The molecule has 0 saturated carbocycles. The molecule has 8 heteroatoms. The number of morpholine rings is 1. The van der Waals surface area contributed by atoms with E-state index in [1.54, 1.807) is 21.3 Å². The smallest absolute Gasteiger partial charge is 0.254 e. The molecule has 2 amide bonds. The first-order valence-corrected chi connectivity index (χ1v) is 11.6. The molecule has 2 heterocycles. The third-order valence-electron chi connectivity index (χ3n) is 6.52. The van der Waals surface area contributed by atoms with Gasteiger partial charge in [-0.25, -0.2) is 0 Å². The van der Waals surface area contributed by atoms with Gasteiger partial charge in [-0.15, -0.1) is 0 Å². The third-order valence-corrected chi connectivity index (χ3v) is 6.52. The van der Waals surface area contributed by atoms with Crippen LogP contribution in [0.25, 0.3) is 0 Å². The van der Waals surface area contributed by atoms with Crippen LogP contribution in [0, 0.1) is 0 Å². The summed E-state index contributed by atoms with van der Waals surface area (Å²) in [5, 5.41) is 0. The number of hydrogen-bond donors (Lipinski definition) is 0. The van der Waals surface area contributed by atoms with Crippen LogP contribution in [-0.4, -0.2) is 75.8 Å². The maximum atomic E-state index is 14.0. The monoisotopic (exact) mass is 468 g/mol. The molecular weight excluding hydrogens is 436 g/mol. The first kappa shape index (κ1) is 23.9. The quantitative estimate of drug-likeness (QED) is 0.621. The molecule has 0 aliphatic carbocycles. The first-order valence-electron chi connectivity index (χ1n) is 11.6. The summed E-state index contributed by atoms with van der Waals surface area (Å²) in [5.41, 5.74) is 2.08. The lowest BCUT2D eigenvalue weighted by Gasteiger charge is -2.44. The van der Waals surface area contributed by atoms with Crippen LogP contribution in [0.1, 0.15) is 46.8 Å². The maximum Gasteiger partial charge on any atom is 0.254 e. The van der Waals surface area contributed by atoms with E-state index in [4.69, 9.17) is 18.9 Å². The number of hydrogen-bond acceptors (Lipinski definition) is 6. The largest absolute Gasteiger partial charge is 0.493 e. The molecule has 4 rings (SSSR count). The van der Waals surface area contributed by atoms with E-state index >= 15 is 0 Å². The number of fused-ring (bicyclic) bond motifs is 1. The molecular formula is C26H32N2O6. The van der Waals surface area contributed by atoms with E-state index in [-0.39, 0.29) is 11.8 Å². The molecule has 0 aromatic heterocycles. The molecule has 0 bridgehead atoms. The summed E-state index contributed by atoms with van der Waals surface area (Å²) in [7, 11) is 4.67. The van der Waals surface area contributed by atoms with Crippen molar-refractivity contribution in [2.75, 3.05) is 54.2 Å². The second-order valence-electron chi connectivity index (χ2n) is 8.40. The lowest BCUT2D eigenvalue weighted by atomic mass is 9.78. The zero-order valence-corrected chi connectivity index (χ0v) is 20.2. The maximum absolute atomic E-state index is 14.0. The van der Waals surface area contributed by atoms with Gasteiger partial charge in [0.2, 0.25) is 11.7 Å². The van der Waals surface area contributed by atoms with Crippen LogP contribution in [0.5, 0.6) is 17.2 Å². The van der Waals surface area contributed by atoms with Crippen molar-refractivity contribution in [3.05, 3.63) is 53.1 Å². The van der Waals surface area contributed by atoms with Crippen molar-refractivity contribution in [1.82, 2.24) is 9.80 Å². The Morgan fingerprint density at radius 1 is 1.03 bits per heavy atom. The van der Waals surface area contributed by atoms with Gasteiger partial charge < -0.3 is 28.7 Å². The van der Waals surface area contributed by atoms with E-state index in [0.717, 1.165) is 17.5 Å². The Labute approximate surface area is 200 Å². The molecule has 1 fully saturated rings. The van der Waals surface area contributed by atoms with Gasteiger partial charge in [0.05, 0.1) is 46.5 Å². The number of nitrogens with zero attached hydrogens (tertiary/aromatic N) is 2. The number of rotatable bonds is 7. The number of amides is 2. The van der Waals surface area contributed by atoms with Crippen LogP contribution in [0.3, 0.4) is 0 Å². The van der Waals surface area contributed by atoms with Crippen LogP contribution in [0.4, 0.5) is 0 Å². The zero-order chi connectivity index (χ0) is 24.2. The molecule has 8 nitrogen and oxygen atoms in total. The van der Waals surface area contributed by atoms with Crippen LogP contribution >= 0.6 is 0 Å². The van der Waals surface area contributed by atoms with E-state index in [2.05, 4.69) is 0 Å². The molecule has 0 spiro atoms. The molecule has 182 valence electrons. The summed E-state index contributed by atoms with van der Waals surface area (Å²) in [4.78, 5) is 31.3. The summed E-state index contributed by atoms with van der Waals surface area (Å²) in [6.45, 7) is 4.61. The van der Waals surface area contributed by atoms with Crippen molar-refractivity contribution in [1.29, 1.82) is 0 Å². The molecule has 1 saturated heterocycles. The topological polar surface area (TPSA) is 77.5 Å². The first-order chi connectivity index (χ1) is 16.5. The van der Waals surface area contributed by atoms with Gasteiger partial charge in [0.15, 0.2) is 11.5 Å². The molecule has 2 atom stereocenters. The van der Waals surface area contributed by atoms with Crippen molar-refractivity contribution >= 4 is 11.8 Å². The second-order valence-corrected chi connectivity index (χ2v) is 8.40. The summed E-state index contributed by atoms with van der Waals surface area (Å²) in [6.07, 6.45) is 0.757. The summed E-state index contributed by atoms with van der Waals surface area (Å²) >= 11 is 0. The Morgan fingerprint density at radius 2 is 1.68 bits per heavy atom. The number of benzene rings is 2. The molecule has 2 aliphatic rings. The Hall–Kier alpha value is -3.26. The number of ether oxygens (including phenoxy) is 4. The van der Waals surface area contributed by atoms with E-state index in [0.29, 0.717) is 55.7 Å². The van der Waals surface area contributed by atoms with Crippen molar-refractivity contribution in [3.8, 4) is 17.2 Å². The molecule has 2 aliphatic heterocycles. The Morgan fingerprint density at radius 3 is 2.26 bits per heavy atom. The molecule has 34 heavy (non-hydrogen) atoms. The third kappa shape index (κ3) is 4.18. The predicted molar refractivity (Wildman–Crippen MR) is 127 cm³/mol. The van der Waals surface area contributed by atoms with Crippen LogP contribution < -0.4 is 14.2 Å². The van der Waals surface area contributed by atoms with Crippen molar-refractivity contribution in [3.63, 3.8) is 0 Å². The highest BCUT2D eigenvalue weighted by molar-refractivity contribution is 6.01. The average Bonchev–Trinajstić information content (AvgIpc) is 2.89. The van der Waals surface area contributed by atoms with Crippen LogP contribution in [0.15, 0.2) is 36.4 Å². The van der Waals surface area contributed by atoms with Crippen molar-refractivity contribution in [2.24, 2.45) is 0 Å². The van der Waals surface area contributed by atoms with E-state index < -0.39 is 12.0 Å². The van der Waals surface area contributed by atoms with Gasteiger partial charge in [0.25, 0.3) is 5.91 Å². The Kier molecular flexibility index (Phi) is 7.26. The summed E-state index contributed by atoms with van der Waals surface area (Å²) in [6, 6.07) is 10.6. The van der Waals surface area contributed by atoms with Crippen molar-refractivity contribution in [2.45, 2.75) is 25.3 Å². The van der Waals surface area contributed by atoms with Gasteiger partial charge in [-0.2, -0.15) is 0 Å². The lowest BCUT2D eigenvalue weighted by Crippen LogP contribution is -2.50. The molecule has 2 aromatic rings. The van der Waals surface area contributed by atoms with Gasteiger partial charge >= 0.3 is 0 Å². The average molecular weight is 469 g/mol. The second kappa shape index (κ2) is 10.3. The summed E-state index contributed by atoms with van der Waals surface area (Å²) < 4.78 is 22.2. The van der Waals surface area contributed by atoms with Crippen molar-refractivity contribution < 1.29 is 28.5 Å². The molecule has 2 unspecified atom stereocenters. The van der Waals surface area contributed by atoms with E-state index in [9.17, 15) is 9.59 Å². The number of carbonyl (C=O) groups excluding carboxylic acids is 2. The highest BCUT2D eigenvalue weighted by atomic mass is 16.5. The highest BCUT2D eigenvalue weighted by Gasteiger charge is 2.45. The zero-order valence-electron chi connectivity index (χ0n) is 20.2. The fourth-order valence-corrected chi connectivity index (χ4v) is 4.97. The minimum atomic E-state index is -0.568. The fraction of sp³-hybridized carbons (Fsp3) is 0.462. The number of methoxy groups -OCH3 is 3. The molecule has 2 aromatic carbocycles. The van der Waals surface area contributed by atoms with E-state index in [1.165, 1.54) is 0 Å². The van der Waals surface area contributed by atoms with E-state index in [1.807, 2.05) is 53.1 Å². The summed E-state index contributed by atoms with van der Waals surface area (Å²) in [5.74, 6) is 0.774. The fourth-order valence-electron chi connectivity index (χ4n) is 4.97. The molecule has 0 radical (unpaired) electrons.